The molecule has 130 valence electrons. The van der Waals surface area contributed by atoms with Gasteiger partial charge in [-0.3, -0.25) is 9.59 Å². The first-order valence-electron chi connectivity index (χ1n) is 8.24. The van der Waals surface area contributed by atoms with Gasteiger partial charge in [0.05, 0.1) is 6.04 Å². The smallest absolute Gasteiger partial charge is 0.242 e. The Morgan fingerprint density at radius 3 is 2.58 bits per heavy atom. The standard InChI is InChI=1S/C17H20F2N2O3/c18-10-7-11(19)9-12(8-10)24-15-5-1-3-13(15)21-17(23)14-4-2-6-16(22)20-14/h7-9,13-15H,1-6H2,(H,20,22)(H,21,23)/t13-,14+,15+/m0/s1. The van der Waals surface area contributed by atoms with Gasteiger partial charge in [0.2, 0.25) is 11.8 Å². The summed E-state index contributed by atoms with van der Waals surface area (Å²) in [6.07, 6.45) is 3.69. The fourth-order valence-corrected chi connectivity index (χ4v) is 3.29. The molecule has 2 amide bonds. The summed E-state index contributed by atoms with van der Waals surface area (Å²) in [4.78, 5) is 23.7. The zero-order valence-electron chi connectivity index (χ0n) is 13.2. The SMILES string of the molecule is O=C1CCC[C@H](C(=O)N[C@H]2CCC[C@H]2Oc2cc(F)cc(F)c2)N1. The summed E-state index contributed by atoms with van der Waals surface area (Å²) in [7, 11) is 0. The molecule has 1 aromatic rings. The molecule has 1 saturated carbocycles. The van der Waals surface area contributed by atoms with Gasteiger partial charge in [-0.25, -0.2) is 8.78 Å². The van der Waals surface area contributed by atoms with E-state index >= 15 is 0 Å². The third-order valence-corrected chi connectivity index (χ3v) is 4.45. The number of amides is 2. The predicted molar refractivity (Wildman–Crippen MR) is 82.3 cm³/mol. The highest BCUT2D eigenvalue weighted by Gasteiger charge is 2.33. The van der Waals surface area contributed by atoms with Crippen molar-refractivity contribution in [3.05, 3.63) is 29.8 Å². The molecule has 3 rings (SSSR count). The Kier molecular flexibility index (Phi) is 4.97. The first kappa shape index (κ1) is 16.7. The van der Waals surface area contributed by atoms with Crippen molar-refractivity contribution in [2.75, 3.05) is 0 Å². The van der Waals surface area contributed by atoms with Crippen molar-refractivity contribution in [2.45, 2.75) is 56.7 Å². The molecular weight excluding hydrogens is 318 g/mol. The first-order chi connectivity index (χ1) is 11.5. The molecule has 1 heterocycles. The van der Waals surface area contributed by atoms with Gasteiger partial charge in [0.25, 0.3) is 0 Å². The predicted octanol–water partition coefficient (Wildman–Crippen LogP) is 2.05. The van der Waals surface area contributed by atoms with Gasteiger partial charge in [0.15, 0.2) is 0 Å². The van der Waals surface area contributed by atoms with E-state index in [-0.39, 0.29) is 29.7 Å². The van der Waals surface area contributed by atoms with Gasteiger partial charge < -0.3 is 15.4 Å². The molecule has 0 bridgehead atoms. The number of ether oxygens (including phenoxy) is 1. The molecule has 1 aromatic carbocycles. The minimum atomic E-state index is -0.700. The van der Waals surface area contributed by atoms with Crippen LogP contribution >= 0.6 is 0 Å². The topological polar surface area (TPSA) is 67.4 Å². The number of piperidine rings is 1. The zero-order chi connectivity index (χ0) is 17.1. The van der Waals surface area contributed by atoms with Crippen LogP contribution in [0.4, 0.5) is 8.78 Å². The Balaban J connectivity index is 1.60. The molecule has 1 aliphatic heterocycles. The molecule has 2 N–H and O–H groups in total. The molecular formula is C17H20F2N2O3. The van der Waals surface area contributed by atoms with E-state index in [4.69, 9.17) is 4.74 Å². The minimum absolute atomic E-state index is 0.115. The van der Waals surface area contributed by atoms with Crippen molar-refractivity contribution in [1.82, 2.24) is 10.6 Å². The molecule has 2 fully saturated rings. The number of hydrogen-bond acceptors (Lipinski definition) is 3. The van der Waals surface area contributed by atoms with E-state index in [0.717, 1.165) is 31.0 Å². The van der Waals surface area contributed by atoms with Crippen LogP contribution in [0.3, 0.4) is 0 Å². The van der Waals surface area contributed by atoms with Crippen molar-refractivity contribution >= 4 is 11.8 Å². The fourth-order valence-electron chi connectivity index (χ4n) is 3.29. The molecule has 0 spiro atoms. The summed E-state index contributed by atoms with van der Waals surface area (Å²) in [5.74, 6) is -1.63. The van der Waals surface area contributed by atoms with Gasteiger partial charge in [-0.15, -0.1) is 0 Å². The first-order valence-corrected chi connectivity index (χ1v) is 8.24. The molecule has 0 unspecified atom stereocenters. The van der Waals surface area contributed by atoms with E-state index in [9.17, 15) is 18.4 Å². The van der Waals surface area contributed by atoms with E-state index in [1.807, 2.05) is 0 Å². The lowest BCUT2D eigenvalue weighted by molar-refractivity contribution is -0.131. The monoisotopic (exact) mass is 338 g/mol. The molecule has 7 heteroatoms. The normalized spacial score (nSPS) is 26.8. The Morgan fingerprint density at radius 1 is 1.12 bits per heavy atom. The molecule has 1 aliphatic carbocycles. The molecule has 0 aromatic heterocycles. The van der Waals surface area contributed by atoms with Crippen molar-refractivity contribution in [1.29, 1.82) is 0 Å². The van der Waals surface area contributed by atoms with Crippen molar-refractivity contribution in [3.63, 3.8) is 0 Å². The van der Waals surface area contributed by atoms with Gasteiger partial charge in [-0.2, -0.15) is 0 Å². The van der Waals surface area contributed by atoms with Gasteiger partial charge in [0.1, 0.15) is 29.5 Å². The zero-order valence-corrected chi connectivity index (χ0v) is 13.2. The van der Waals surface area contributed by atoms with Gasteiger partial charge in [0, 0.05) is 24.6 Å². The molecule has 0 radical (unpaired) electrons. The van der Waals surface area contributed by atoms with E-state index in [1.54, 1.807) is 0 Å². The number of carbonyl (C=O) groups excluding carboxylic acids is 2. The summed E-state index contributed by atoms with van der Waals surface area (Å²) in [5.41, 5.74) is 0. The summed E-state index contributed by atoms with van der Waals surface area (Å²) < 4.78 is 32.2. The highest BCUT2D eigenvalue weighted by atomic mass is 19.1. The Hall–Kier alpha value is -2.18. The molecule has 5 nitrogen and oxygen atoms in total. The van der Waals surface area contributed by atoms with Crippen LogP contribution in [0.2, 0.25) is 0 Å². The van der Waals surface area contributed by atoms with E-state index in [2.05, 4.69) is 10.6 Å². The number of carbonyl (C=O) groups is 2. The van der Waals surface area contributed by atoms with E-state index in [1.165, 1.54) is 0 Å². The van der Waals surface area contributed by atoms with Crippen molar-refractivity contribution < 1.29 is 23.1 Å². The second-order valence-electron chi connectivity index (χ2n) is 6.32. The van der Waals surface area contributed by atoms with Gasteiger partial charge in [-0.05, 0) is 32.1 Å². The lowest BCUT2D eigenvalue weighted by Crippen LogP contribution is -2.53. The Bertz CT molecular complexity index is 618. The van der Waals surface area contributed by atoms with Crippen LogP contribution in [0.5, 0.6) is 5.75 Å². The summed E-state index contributed by atoms with van der Waals surface area (Å²) in [5, 5.41) is 5.58. The van der Waals surface area contributed by atoms with Gasteiger partial charge in [-0.1, -0.05) is 0 Å². The second kappa shape index (κ2) is 7.15. The van der Waals surface area contributed by atoms with Crippen LogP contribution in [-0.4, -0.2) is 30.0 Å². The van der Waals surface area contributed by atoms with Crippen molar-refractivity contribution in [3.8, 4) is 5.75 Å². The van der Waals surface area contributed by atoms with Crippen LogP contribution in [0.25, 0.3) is 0 Å². The molecule has 2 aliphatic rings. The lowest BCUT2D eigenvalue weighted by atomic mass is 10.0. The average Bonchev–Trinajstić information content (AvgIpc) is 2.93. The lowest BCUT2D eigenvalue weighted by Gasteiger charge is -2.27. The number of benzene rings is 1. The molecule has 3 atom stereocenters. The van der Waals surface area contributed by atoms with Crippen LogP contribution in [0.1, 0.15) is 38.5 Å². The highest BCUT2D eigenvalue weighted by molar-refractivity contribution is 5.88. The maximum atomic E-state index is 13.3. The fraction of sp³-hybridized carbons (Fsp3) is 0.529. The molecule has 24 heavy (non-hydrogen) atoms. The van der Waals surface area contributed by atoms with Crippen LogP contribution < -0.4 is 15.4 Å². The number of nitrogens with one attached hydrogen (secondary N) is 2. The summed E-state index contributed by atoms with van der Waals surface area (Å²) in [6.45, 7) is 0. The Labute approximate surface area is 138 Å². The maximum Gasteiger partial charge on any atom is 0.242 e. The maximum absolute atomic E-state index is 13.3. The number of halogens is 2. The Morgan fingerprint density at radius 2 is 1.88 bits per heavy atom. The van der Waals surface area contributed by atoms with Gasteiger partial charge >= 0.3 is 0 Å². The third kappa shape index (κ3) is 4.01. The largest absolute Gasteiger partial charge is 0.488 e. The highest BCUT2D eigenvalue weighted by Crippen LogP contribution is 2.26. The van der Waals surface area contributed by atoms with Crippen molar-refractivity contribution in [2.24, 2.45) is 0 Å². The minimum Gasteiger partial charge on any atom is -0.488 e. The number of rotatable bonds is 4. The average molecular weight is 338 g/mol. The van der Waals surface area contributed by atoms with Crippen LogP contribution in [0, 0.1) is 11.6 Å². The van der Waals surface area contributed by atoms with Crippen LogP contribution in [0.15, 0.2) is 18.2 Å². The van der Waals surface area contributed by atoms with E-state index < -0.39 is 17.7 Å². The third-order valence-electron chi connectivity index (χ3n) is 4.45. The summed E-state index contributed by atoms with van der Waals surface area (Å²) in [6, 6.07) is 2.29. The summed E-state index contributed by atoms with van der Waals surface area (Å²) >= 11 is 0. The van der Waals surface area contributed by atoms with E-state index in [0.29, 0.717) is 25.7 Å². The second-order valence-corrected chi connectivity index (χ2v) is 6.32. The molecule has 1 saturated heterocycles. The number of hydrogen-bond donors (Lipinski definition) is 2. The quantitative estimate of drug-likeness (QED) is 0.883. The van der Waals surface area contributed by atoms with Crippen LogP contribution in [-0.2, 0) is 9.59 Å².